The van der Waals surface area contributed by atoms with Crippen LogP contribution >= 0.6 is 0 Å². The van der Waals surface area contributed by atoms with Crippen LogP contribution in [0.4, 0.5) is 4.79 Å². The molecule has 19 heavy (non-hydrogen) atoms. The van der Waals surface area contributed by atoms with E-state index >= 15 is 0 Å². The molecule has 0 aromatic carbocycles. The number of rotatable bonds is 4. The molecule has 0 saturated carbocycles. The second-order valence-electron chi connectivity index (χ2n) is 5.11. The van der Waals surface area contributed by atoms with Crippen LogP contribution < -0.4 is 10.9 Å². The van der Waals surface area contributed by atoms with Gasteiger partial charge in [0.2, 0.25) is 5.56 Å². The number of hydrogen-bond donors (Lipinski definition) is 2. The van der Waals surface area contributed by atoms with Gasteiger partial charge >= 0.3 is 6.09 Å². The standard InChI is InChI=1S/C14H20N2O3/c1-14(2,3)19-13(18)15-9-5-4-6-11-7-8-12(17)16-10-11/h4,6-8,10H,5,9H2,1-3H3,(H,15,18)(H,16,17). The van der Waals surface area contributed by atoms with E-state index in [0.29, 0.717) is 13.0 Å². The molecule has 0 aliphatic carbocycles. The molecule has 0 unspecified atom stereocenters. The van der Waals surface area contributed by atoms with E-state index in [-0.39, 0.29) is 5.56 Å². The molecule has 0 bridgehead atoms. The van der Waals surface area contributed by atoms with Crippen LogP contribution in [0.5, 0.6) is 0 Å². The summed E-state index contributed by atoms with van der Waals surface area (Å²) in [6, 6.07) is 3.20. The third-order valence-corrected chi connectivity index (χ3v) is 2.10. The van der Waals surface area contributed by atoms with Gasteiger partial charge in [-0.3, -0.25) is 4.79 Å². The summed E-state index contributed by atoms with van der Waals surface area (Å²) in [5, 5.41) is 2.66. The first-order valence-corrected chi connectivity index (χ1v) is 6.19. The molecular weight excluding hydrogens is 244 g/mol. The van der Waals surface area contributed by atoms with Gasteiger partial charge in [0.05, 0.1) is 0 Å². The molecule has 0 aliphatic rings. The number of ether oxygens (including phenoxy) is 1. The van der Waals surface area contributed by atoms with Crippen LogP contribution in [0.1, 0.15) is 32.8 Å². The van der Waals surface area contributed by atoms with Gasteiger partial charge in [-0.15, -0.1) is 0 Å². The number of carbonyl (C=O) groups excluding carboxylic acids is 1. The number of pyridine rings is 1. The van der Waals surface area contributed by atoms with E-state index in [1.807, 2.05) is 32.9 Å². The molecule has 5 heteroatoms. The van der Waals surface area contributed by atoms with Crippen LogP contribution in [-0.2, 0) is 4.74 Å². The van der Waals surface area contributed by atoms with Crippen molar-refractivity contribution in [2.45, 2.75) is 32.8 Å². The smallest absolute Gasteiger partial charge is 0.407 e. The molecule has 0 atom stereocenters. The molecule has 0 aliphatic heterocycles. The Morgan fingerprint density at radius 3 is 2.74 bits per heavy atom. The molecule has 104 valence electrons. The number of amides is 1. The highest BCUT2D eigenvalue weighted by Crippen LogP contribution is 2.06. The molecule has 1 heterocycles. The fourth-order valence-electron chi connectivity index (χ4n) is 1.32. The van der Waals surface area contributed by atoms with Crippen LogP contribution in [-0.4, -0.2) is 23.2 Å². The summed E-state index contributed by atoms with van der Waals surface area (Å²) in [5.74, 6) is 0. The highest BCUT2D eigenvalue weighted by atomic mass is 16.6. The van der Waals surface area contributed by atoms with Gasteiger partial charge in [-0.25, -0.2) is 4.79 Å². The van der Waals surface area contributed by atoms with Crippen molar-refractivity contribution in [1.29, 1.82) is 0 Å². The molecular formula is C14H20N2O3. The van der Waals surface area contributed by atoms with Gasteiger partial charge in [0.15, 0.2) is 0 Å². The molecule has 1 aromatic heterocycles. The summed E-state index contributed by atoms with van der Waals surface area (Å²) < 4.78 is 5.10. The average Bonchev–Trinajstić information content (AvgIpc) is 2.29. The first-order valence-electron chi connectivity index (χ1n) is 6.19. The number of nitrogens with one attached hydrogen (secondary N) is 2. The lowest BCUT2D eigenvalue weighted by Crippen LogP contribution is -2.32. The third kappa shape index (κ3) is 7.08. The minimum Gasteiger partial charge on any atom is -0.444 e. The maximum absolute atomic E-state index is 11.3. The number of alkyl carbamates (subject to hydrolysis) is 1. The van der Waals surface area contributed by atoms with Crippen LogP contribution in [0.25, 0.3) is 6.08 Å². The zero-order chi connectivity index (χ0) is 14.3. The van der Waals surface area contributed by atoms with Crippen molar-refractivity contribution < 1.29 is 9.53 Å². The van der Waals surface area contributed by atoms with Gasteiger partial charge in [-0.05, 0) is 38.8 Å². The Morgan fingerprint density at radius 2 is 2.16 bits per heavy atom. The molecule has 0 spiro atoms. The summed E-state index contributed by atoms with van der Waals surface area (Å²) in [6.07, 6.45) is 5.72. The van der Waals surface area contributed by atoms with E-state index < -0.39 is 11.7 Å². The largest absolute Gasteiger partial charge is 0.444 e. The molecule has 0 saturated heterocycles. The van der Waals surface area contributed by atoms with Gasteiger partial charge in [0.1, 0.15) is 5.60 Å². The van der Waals surface area contributed by atoms with Gasteiger partial charge < -0.3 is 15.0 Å². The molecule has 1 aromatic rings. The lowest BCUT2D eigenvalue weighted by Gasteiger charge is -2.19. The fraction of sp³-hybridized carbons (Fsp3) is 0.429. The van der Waals surface area contributed by atoms with Crippen LogP contribution in [0.3, 0.4) is 0 Å². The van der Waals surface area contributed by atoms with E-state index in [1.165, 1.54) is 6.07 Å². The zero-order valence-electron chi connectivity index (χ0n) is 11.5. The van der Waals surface area contributed by atoms with Gasteiger partial charge in [-0.2, -0.15) is 0 Å². The van der Waals surface area contributed by atoms with E-state index in [0.717, 1.165) is 5.56 Å². The Bertz CT molecular complexity index is 478. The van der Waals surface area contributed by atoms with E-state index in [9.17, 15) is 9.59 Å². The van der Waals surface area contributed by atoms with Crippen molar-refractivity contribution in [2.75, 3.05) is 6.54 Å². The molecule has 0 radical (unpaired) electrons. The quantitative estimate of drug-likeness (QED) is 0.820. The Hall–Kier alpha value is -2.04. The molecule has 1 rings (SSSR count). The lowest BCUT2D eigenvalue weighted by atomic mass is 10.2. The SMILES string of the molecule is CC(C)(C)OC(=O)NCCC=Cc1ccc(=O)[nH]c1. The Kier molecular flexibility index (Phi) is 5.36. The van der Waals surface area contributed by atoms with Crippen LogP contribution in [0, 0.1) is 0 Å². The first kappa shape index (κ1) is 15.0. The molecule has 5 nitrogen and oxygen atoms in total. The van der Waals surface area contributed by atoms with E-state index in [4.69, 9.17) is 4.74 Å². The fourth-order valence-corrected chi connectivity index (χ4v) is 1.32. The predicted molar refractivity (Wildman–Crippen MR) is 75.0 cm³/mol. The van der Waals surface area contributed by atoms with Crippen LogP contribution in [0.15, 0.2) is 29.2 Å². The number of hydrogen-bond acceptors (Lipinski definition) is 3. The first-order chi connectivity index (χ1) is 8.87. The van der Waals surface area contributed by atoms with Crippen molar-refractivity contribution in [3.63, 3.8) is 0 Å². The van der Waals surface area contributed by atoms with Crippen molar-refractivity contribution in [1.82, 2.24) is 10.3 Å². The van der Waals surface area contributed by atoms with Gasteiger partial charge in [-0.1, -0.05) is 12.2 Å². The molecule has 1 amide bonds. The van der Waals surface area contributed by atoms with Crippen molar-refractivity contribution >= 4 is 12.2 Å². The summed E-state index contributed by atoms with van der Waals surface area (Å²) in [7, 11) is 0. The average molecular weight is 264 g/mol. The molecule has 2 N–H and O–H groups in total. The second kappa shape index (κ2) is 6.78. The number of aromatic nitrogens is 1. The highest BCUT2D eigenvalue weighted by Gasteiger charge is 2.14. The maximum Gasteiger partial charge on any atom is 0.407 e. The maximum atomic E-state index is 11.3. The summed E-state index contributed by atoms with van der Waals surface area (Å²) in [6.45, 7) is 5.97. The Labute approximate surface area is 112 Å². The minimum atomic E-state index is -0.476. The van der Waals surface area contributed by atoms with E-state index in [1.54, 1.807) is 12.3 Å². The summed E-state index contributed by atoms with van der Waals surface area (Å²) >= 11 is 0. The Morgan fingerprint density at radius 1 is 1.42 bits per heavy atom. The van der Waals surface area contributed by atoms with Gasteiger partial charge in [0.25, 0.3) is 0 Å². The normalized spacial score (nSPS) is 11.5. The summed E-state index contributed by atoms with van der Waals surface area (Å²) in [4.78, 5) is 24.8. The topological polar surface area (TPSA) is 71.2 Å². The zero-order valence-corrected chi connectivity index (χ0v) is 11.5. The Balaban J connectivity index is 2.25. The van der Waals surface area contributed by atoms with Crippen molar-refractivity contribution in [3.05, 3.63) is 40.3 Å². The van der Waals surface area contributed by atoms with Crippen molar-refractivity contribution in [2.24, 2.45) is 0 Å². The minimum absolute atomic E-state index is 0.122. The second-order valence-corrected chi connectivity index (χ2v) is 5.11. The highest BCUT2D eigenvalue weighted by molar-refractivity contribution is 5.67. The number of H-pyrrole nitrogens is 1. The number of carbonyl (C=O) groups is 1. The predicted octanol–water partition coefficient (Wildman–Crippen LogP) is 2.30. The van der Waals surface area contributed by atoms with Gasteiger partial charge in [0, 0.05) is 18.8 Å². The molecule has 0 fully saturated rings. The van der Waals surface area contributed by atoms with Crippen molar-refractivity contribution in [3.8, 4) is 0 Å². The van der Waals surface area contributed by atoms with Crippen LogP contribution in [0.2, 0.25) is 0 Å². The number of aromatic amines is 1. The van der Waals surface area contributed by atoms with E-state index in [2.05, 4.69) is 10.3 Å². The summed E-state index contributed by atoms with van der Waals surface area (Å²) in [5.41, 5.74) is 0.316. The third-order valence-electron chi connectivity index (χ3n) is 2.10. The monoisotopic (exact) mass is 264 g/mol. The lowest BCUT2D eigenvalue weighted by molar-refractivity contribution is 0.0529.